The number of rotatable bonds is 2. The summed E-state index contributed by atoms with van der Waals surface area (Å²) in [4.78, 5) is 0. The van der Waals surface area contributed by atoms with Gasteiger partial charge in [-0.25, -0.2) is 4.68 Å². The first-order valence-electron chi connectivity index (χ1n) is 7.03. The summed E-state index contributed by atoms with van der Waals surface area (Å²) in [6.07, 6.45) is 0. The summed E-state index contributed by atoms with van der Waals surface area (Å²) in [7, 11) is -0.351. The zero-order chi connectivity index (χ0) is 14.5. The summed E-state index contributed by atoms with van der Waals surface area (Å²) in [6.45, 7) is 11.1. The monoisotopic (exact) mass is 273 g/mol. The first-order chi connectivity index (χ1) is 9.34. The van der Waals surface area contributed by atoms with Crippen LogP contribution in [0.25, 0.3) is 11.0 Å². The van der Waals surface area contributed by atoms with E-state index in [4.69, 9.17) is 9.31 Å². The van der Waals surface area contributed by atoms with Gasteiger partial charge in [-0.1, -0.05) is 11.3 Å². The minimum Gasteiger partial charge on any atom is -0.399 e. The number of aromatic nitrogens is 3. The maximum absolute atomic E-state index is 6.05. The third-order valence-electron chi connectivity index (χ3n) is 4.36. The van der Waals surface area contributed by atoms with E-state index in [0.29, 0.717) is 0 Å². The standard InChI is InChI=1S/C14H20BN3O2/c1-6-18-12-8-7-10(9-11(12)16-17-18)15-19-13(2,3)14(4,5)20-15/h7-9H,6H2,1-5H3. The van der Waals surface area contributed by atoms with Crippen LogP contribution in [0.5, 0.6) is 0 Å². The third-order valence-corrected chi connectivity index (χ3v) is 4.36. The normalized spacial score (nSPS) is 20.8. The maximum Gasteiger partial charge on any atom is 0.494 e. The molecule has 3 rings (SSSR count). The summed E-state index contributed by atoms with van der Waals surface area (Å²) in [5.74, 6) is 0. The average Bonchev–Trinajstić information content (AvgIpc) is 2.87. The lowest BCUT2D eigenvalue weighted by molar-refractivity contribution is 0.00578. The van der Waals surface area contributed by atoms with E-state index in [1.165, 1.54) is 0 Å². The Morgan fingerprint density at radius 2 is 1.80 bits per heavy atom. The molecule has 0 saturated carbocycles. The lowest BCUT2D eigenvalue weighted by Gasteiger charge is -2.32. The Morgan fingerprint density at radius 1 is 1.15 bits per heavy atom. The molecule has 0 radical (unpaired) electrons. The zero-order valence-corrected chi connectivity index (χ0v) is 12.7. The SMILES string of the molecule is CCn1nnc2cc(B3OC(C)(C)C(C)(C)O3)ccc21. The molecule has 20 heavy (non-hydrogen) atoms. The molecular weight excluding hydrogens is 253 g/mol. The van der Waals surface area contributed by atoms with Crippen molar-refractivity contribution in [3.63, 3.8) is 0 Å². The summed E-state index contributed by atoms with van der Waals surface area (Å²) < 4.78 is 14.0. The van der Waals surface area contributed by atoms with Gasteiger partial charge in [0.1, 0.15) is 5.52 Å². The largest absolute Gasteiger partial charge is 0.494 e. The number of benzene rings is 1. The van der Waals surface area contributed by atoms with Crippen molar-refractivity contribution in [3.8, 4) is 0 Å². The van der Waals surface area contributed by atoms with E-state index in [1.54, 1.807) is 0 Å². The Bertz CT molecular complexity index is 635. The molecule has 0 bridgehead atoms. The van der Waals surface area contributed by atoms with E-state index in [1.807, 2.05) is 22.9 Å². The van der Waals surface area contributed by atoms with Crippen LogP contribution < -0.4 is 5.46 Å². The fourth-order valence-electron chi connectivity index (χ4n) is 2.35. The molecule has 1 aliphatic rings. The third kappa shape index (κ3) is 1.94. The average molecular weight is 273 g/mol. The maximum atomic E-state index is 6.05. The van der Waals surface area contributed by atoms with Gasteiger partial charge in [-0.3, -0.25) is 0 Å². The van der Waals surface area contributed by atoms with Crippen molar-refractivity contribution in [2.45, 2.75) is 52.4 Å². The van der Waals surface area contributed by atoms with Gasteiger partial charge >= 0.3 is 7.12 Å². The van der Waals surface area contributed by atoms with Crippen LogP contribution >= 0.6 is 0 Å². The number of fused-ring (bicyclic) bond motifs is 1. The van der Waals surface area contributed by atoms with E-state index < -0.39 is 0 Å². The number of hydrogen-bond acceptors (Lipinski definition) is 4. The van der Waals surface area contributed by atoms with Crippen LogP contribution in [0.15, 0.2) is 18.2 Å². The molecule has 2 aromatic rings. The Morgan fingerprint density at radius 3 is 2.40 bits per heavy atom. The molecule has 1 aromatic carbocycles. The molecular formula is C14H20BN3O2. The topological polar surface area (TPSA) is 49.2 Å². The molecule has 2 heterocycles. The molecule has 0 amide bonds. The van der Waals surface area contributed by atoms with Crippen LogP contribution in [-0.2, 0) is 15.9 Å². The zero-order valence-electron chi connectivity index (χ0n) is 12.7. The molecule has 0 N–H and O–H groups in total. The van der Waals surface area contributed by atoms with E-state index in [-0.39, 0.29) is 18.3 Å². The molecule has 0 aliphatic carbocycles. The summed E-state index contributed by atoms with van der Waals surface area (Å²) >= 11 is 0. The van der Waals surface area contributed by atoms with Gasteiger partial charge < -0.3 is 9.31 Å². The van der Waals surface area contributed by atoms with Gasteiger partial charge in [0.25, 0.3) is 0 Å². The van der Waals surface area contributed by atoms with E-state index in [9.17, 15) is 0 Å². The van der Waals surface area contributed by atoms with Crippen molar-refractivity contribution in [1.29, 1.82) is 0 Å². The minimum absolute atomic E-state index is 0.326. The summed E-state index contributed by atoms with van der Waals surface area (Å²) in [5.41, 5.74) is 2.24. The van der Waals surface area contributed by atoms with Crippen molar-refractivity contribution in [2.24, 2.45) is 0 Å². The van der Waals surface area contributed by atoms with Crippen molar-refractivity contribution < 1.29 is 9.31 Å². The van der Waals surface area contributed by atoms with Crippen LogP contribution in [0, 0.1) is 0 Å². The minimum atomic E-state index is -0.351. The van der Waals surface area contributed by atoms with E-state index in [2.05, 4.69) is 44.9 Å². The summed E-state index contributed by atoms with van der Waals surface area (Å²) in [5, 5.41) is 8.32. The fourth-order valence-corrected chi connectivity index (χ4v) is 2.35. The number of nitrogens with zero attached hydrogens (tertiary/aromatic N) is 3. The highest BCUT2D eigenvalue weighted by Gasteiger charge is 2.51. The quantitative estimate of drug-likeness (QED) is 0.782. The highest BCUT2D eigenvalue weighted by molar-refractivity contribution is 6.62. The van der Waals surface area contributed by atoms with Crippen molar-refractivity contribution >= 4 is 23.6 Å². The molecule has 0 spiro atoms. The second-order valence-corrected chi connectivity index (χ2v) is 6.24. The first-order valence-corrected chi connectivity index (χ1v) is 7.03. The van der Waals surface area contributed by atoms with Crippen LogP contribution in [-0.4, -0.2) is 33.3 Å². The van der Waals surface area contributed by atoms with Gasteiger partial charge in [0, 0.05) is 6.54 Å². The number of aryl methyl sites for hydroxylation is 1. The summed E-state index contributed by atoms with van der Waals surface area (Å²) in [6, 6.07) is 6.05. The van der Waals surface area contributed by atoms with Gasteiger partial charge in [0.05, 0.1) is 16.7 Å². The van der Waals surface area contributed by atoms with Crippen LogP contribution in [0.4, 0.5) is 0 Å². The fraction of sp³-hybridized carbons (Fsp3) is 0.571. The molecule has 106 valence electrons. The molecule has 5 nitrogen and oxygen atoms in total. The second-order valence-electron chi connectivity index (χ2n) is 6.24. The first kappa shape index (κ1) is 13.6. The Balaban J connectivity index is 1.96. The van der Waals surface area contributed by atoms with Gasteiger partial charge in [-0.15, -0.1) is 5.10 Å². The molecule has 1 aromatic heterocycles. The molecule has 1 aliphatic heterocycles. The van der Waals surface area contributed by atoms with Crippen molar-refractivity contribution in [2.75, 3.05) is 0 Å². The smallest absolute Gasteiger partial charge is 0.399 e. The molecule has 6 heteroatoms. The molecule has 1 fully saturated rings. The highest BCUT2D eigenvalue weighted by atomic mass is 16.7. The van der Waals surface area contributed by atoms with Crippen LogP contribution in [0.1, 0.15) is 34.6 Å². The second kappa shape index (κ2) is 4.30. The highest BCUT2D eigenvalue weighted by Crippen LogP contribution is 2.36. The Labute approximate surface area is 119 Å². The lowest BCUT2D eigenvalue weighted by Crippen LogP contribution is -2.41. The Kier molecular flexibility index (Phi) is 2.92. The van der Waals surface area contributed by atoms with Crippen molar-refractivity contribution in [1.82, 2.24) is 15.0 Å². The van der Waals surface area contributed by atoms with Crippen LogP contribution in [0.3, 0.4) is 0 Å². The van der Waals surface area contributed by atoms with Gasteiger partial charge in [-0.2, -0.15) is 0 Å². The molecule has 1 saturated heterocycles. The molecule has 0 atom stereocenters. The predicted octanol–water partition coefficient (Wildman–Crippen LogP) is 1.75. The van der Waals surface area contributed by atoms with Crippen LogP contribution in [0.2, 0.25) is 0 Å². The number of hydrogen-bond donors (Lipinski definition) is 0. The Hall–Kier alpha value is -1.40. The van der Waals surface area contributed by atoms with Gasteiger partial charge in [0.2, 0.25) is 0 Å². The van der Waals surface area contributed by atoms with Gasteiger partial charge in [-0.05, 0) is 52.2 Å². The predicted molar refractivity (Wildman–Crippen MR) is 78.9 cm³/mol. The molecule has 0 unspecified atom stereocenters. The van der Waals surface area contributed by atoms with E-state index in [0.717, 1.165) is 23.0 Å². The van der Waals surface area contributed by atoms with Crippen molar-refractivity contribution in [3.05, 3.63) is 18.2 Å². The lowest BCUT2D eigenvalue weighted by atomic mass is 9.79. The van der Waals surface area contributed by atoms with Gasteiger partial charge in [0.15, 0.2) is 0 Å². The van der Waals surface area contributed by atoms with E-state index >= 15 is 0 Å².